The third-order valence-electron chi connectivity index (χ3n) is 10.8. The first-order chi connectivity index (χ1) is 33.3. The second kappa shape index (κ2) is 30.4. The number of carboxylic acids is 1. The van der Waals surface area contributed by atoms with E-state index >= 15 is 0 Å². The van der Waals surface area contributed by atoms with Crippen molar-refractivity contribution in [2.75, 3.05) is 50.6 Å². The van der Waals surface area contributed by atoms with Crippen LogP contribution in [0.5, 0.6) is 0 Å². The van der Waals surface area contributed by atoms with Crippen LogP contribution in [-0.2, 0) is 53.0 Å². The number of aromatic nitrogens is 7. The van der Waals surface area contributed by atoms with Crippen LogP contribution < -0.4 is 33.0 Å². The molecule has 0 aliphatic rings. The fraction of sp³-hybridized carbons (Fsp3) is 0.532. The molecule has 372 valence electrons. The first kappa shape index (κ1) is 54.6. The lowest BCUT2D eigenvalue weighted by molar-refractivity contribution is -0.139. The number of carbonyl (C=O) groups is 6. The summed E-state index contributed by atoms with van der Waals surface area (Å²) in [6, 6.07) is 5.04. The molecule has 0 fully saturated rings. The van der Waals surface area contributed by atoms with Crippen LogP contribution in [0.15, 0.2) is 41.5 Å². The van der Waals surface area contributed by atoms with Gasteiger partial charge < -0.3 is 42.0 Å². The average Bonchev–Trinajstić information content (AvgIpc) is 3.80. The summed E-state index contributed by atoms with van der Waals surface area (Å²) >= 11 is 0. The number of aromatic amines is 1. The van der Waals surface area contributed by atoms with Gasteiger partial charge in [-0.2, -0.15) is 4.98 Å². The van der Waals surface area contributed by atoms with Crippen molar-refractivity contribution in [2.45, 2.75) is 115 Å². The zero-order valence-electron chi connectivity index (χ0n) is 38.9. The number of hydrogen-bond acceptors (Lipinski definition) is 17. The van der Waals surface area contributed by atoms with Gasteiger partial charge in [-0.05, 0) is 75.8 Å². The number of hydrogen-bond donors (Lipinski definition) is 7. The number of rotatable bonds is 36. The number of amides is 2. The van der Waals surface area contributed by atoms with Crippen molar-refractivity contribution in [1.82, 2.24) is 45.6 Å². The topological polar surface area (TPSA) is 331 Å². The highest BCUT2D eigenvalue weighted by molar-refractivity contribution is 5.97. The van der Waals surface area contributed by atoms with Gasteiger partial charge in [-0.3, -0.25) is 38.4 Å². The highest BCUT2D eigenvalue weighted by Gasteiger charge is 2.23. The van der Waals surface area contributed by atoms with Gasteiger partial charge in [-0.25, -0.2) is 14.8 Å². The maximum atomic E-state index is 12.8. The number of anilines is 2. The smallest absolute Gasteiger partial charge is 0.326 e. The number of nitrogens with one attached hydrogen (secondary N) is 4. The van der Waals surface area contributed by atoms with E-state index in [1.807, 2.05) is 0 Å². The lowest BCUT2D eigenvalue weighted by Crippen LogP contribution is -2.41. The molecule has 69 heavy (non-hydrogen) atoms. The maximum absolute atomic E-state index is 12.8. The average molecular weight is 957 g/mol. The minimum Gasteiger partial charge on any atom is -0.480 e. The molecule has 0 spiro atoms. The van der Waals surface area contributed by atoms with Gasteiger partial charge in [-0.15, -0.1) is 17.4 Å². The summed E-state index contributed by atoms with van der Waals surface area (Å²) in [7, 11) is 0. The Morgan fingerprint density at radius 1 is 0.855 bits per heavy atom. The van der Waals surface area contributed by atoms with Crippen molar-refractivity contribution < 1.29 is 43.3 Å². The Morgan fingerprint density at radius 2 is 1.58 bits per heavy atom. The Hall–Kier alpha value is -6.96. The summed E-state index contributed by atoms with van der Waals surface area (Å²) < 4.78 is 12.7. The van der Waals surface area contributed by atoms with Gasteiger partial charge in [0.1, 0.15) is 23.4 Å². The molecule has 4 rings (SSSR count). The predicted molar refractivity (Wildman–Crippen MR) is 254 cm³/mol. The number of fused-ring (bicyclic) bond motifs is 1. The van der Waals surface area contributed by atoms with Crippen molar-refractivity contribution >= 4 is 57.9 Å². The number of unbranched alkanes of at least 4 members (excludes halogenated alkanes) is 2. The summed E-state index contributed by atoms with van der Waals surface area (Å²) in [6.45, 7) is 2.86. The molecule has 3 heterocycles. The molecule has 22 heteroatoms. The van der Waals surface area contributed by atoms with E-state index in [1.54, 1.807) is 23.0 Å². The Kier molecular flexibility index (Phi) is 24.1. The Bertz CT molecular complexity index is 2400. The van der Waals surface area contributed by atoms with Crippen LogP contribution in [0.4, 0.5) is 11.6 Å². The van der Waals surface area contributed by atoms with Gasteiger partial charge >= 0.3 is 5.97 Å². The zero-order valence-corrected chi connectivity index (χ0v) is 38.9. The minimum atomic E-state index is -1.26. The molecule has 2 atom stereocenters. The van der Waals surface area contributed by atoms with Crippen LogP contribution in [0.2, 0.25) is 0 Å². The molecule has 0 aliphatic carbocycles. The number of benzene rings is 1. The molecule has 0 saturated heterocycles. The van der Waals surface area contributed by atoms with E-state index in [0.717, 1.165) is 12.8 Å². The van der Waals surface area contributed by atoms with Gasteiger partial charge in [0.25, 0.3) is 11.5 Å². The molecule has 0 unspecified atom stereocenters. The SMILES string of the molecule is C#CCCCNC(=O)[C@H](CCCCN)CC(=O)CCn1cc(CCC(=O)CCCOCCOCCCC(=O)CC[C@H](NC(=O)c2ccc(NCc3cnc4nc(N)[nH]c(=O)c4n3)cc2)C(=O)O)nn1. The van der Waals surface area contributed by atoms with E-state index in [1.165, 1.54) is 18.3 Å². The molecule has 3 aromatic heterocycles. The first-order valence-electron chi connectivity index (χ1n) is 23.2. The quantitative estimate of drug-likeness (QED) is 0.0254. The monoisotopic (exact) mass is 956 g/mol. The molecule has 0 bridgehead atoms. The van der Waals surface area contributed by atoms with Crippen LogP contribution in [-0.4, -0.2) is 121 Å². The Labute approximate surface area is 399 Å². The molecule has 9 N–H and O–H groups in total. The second-order valence-corrected chi connectivity index (χ2v) is 16.4. The normalized spacial score (nSPS) is 11.9. The summed E-state index contributed by atoms with van der Waals surface area (Å²) in [5.74, 6) is -0.0637. The molecular weight excluding hydrogens is 893 g/mol. The maximum Gasteiger partial charge on any atom is 0.326 e. The number of nitrogen functional groups attached to an aromatic ring is 1. The fourth-order valence-corrected chi connectivity index (χ4v) is 6.96. The van der Waals surface area contributed by atoms with Crippen LogP contribution in [0.3, 0.4) is 0 Å². The number of Topliss-reactive ketones (excluding diaryl/α,β-unsaturated/α-hetero) is 3. The van der Waals surface area contributed by atoms with Crippen LogP contribution in [0.25, 0.3) is 11.2 Å². The molecule has 2 amide bonds. The summed E-state index contributed by atoms with van der Waals surface area (Å²) in [4.78, 5) is 102. The highest BCUT2D eigenvalue weighted by Crippen LogP contribution is 2.16. The van der Waals surface area contributed by atoms with E-state index in [0.29, 0.717) is 115 Å². The van der Waals surface area contributed by atoms with E-state index in [4.69, 9.17) is 27.4 Å². The number of H-pyrrole nitrogens is 1. The molecular formula is C47H64N12O10. The molecule has 0 radical (unpaired) electrons. The number of ether oxygens (including phenoxy) is 2. The zero-order chi connectivity index (χ0) is 49.8. The third-order valence-corrected chi connectivity index (χ3v) is 10.8. The molecule has 1 aromatic carbocycles. The van der Waals surface area contributed by atoms with Gasteiger partial charge in [0.2, 0.25) is 11.9 Å². The molecule has 22 nitrogen and oxygen atoms in total. The van der Waals surface area contributed by atoms with E-state index < -0.39 is 29.4 Å². The fourth-order valence-electron chi connectivity index (χ4n) is 6.96. The third kappa shape index (κ3) is 20.8. The second-order valence-electron chi connectivity index (χ2n) is 16.4. The number of nitrogens with two attached hydrogens (primary N) is 2. The van der Waals surface area contributed by atoms with Gasteiger partial charge in [0.15, 0.2) is 11.2 Å². The van der Waals surface area contributed by atoms with E-state index in [9.17, 15) is 38.7 Å². The van der Waals surface area contributed by atoms with Crippen molar-refractivity contribution in [1.29, 1.82) is 0 Å². The van der Waals surface area contributed by atoms with Crippen LogP contribution >= 0.6 is 0 Å². The number of ketones is 3. The first-order valence-corrected chi connectivity index (χ1v) is 23.2. The number of aryl methyl sites for hydroxylation is 2. The lowest BCUT2D eigenvalue weighted by atomic mass is 9.94. The van der Waals surface area contributed by atoms with E-state index in [-0.39, 0.29) is 84.6 Å². The lowest BCUT2D eigenvalue weighted by Gasteiger charge is -2.16. The number of carboxylic acid groups (broad SMARTS) is 1. The largest absolute Gasteiger partial charge is 0.480 e. The molecule has 4 aromatic rings. The van der Waals surface area contributed by atoms with Gasteiger partial charge in [-0.1, -0.05) is 11.6 Å². The number of terminal acetylenes is 1. The van der Waals surface area contributed by atoms with Crippen molar-refractivity contribution in [3.8, 4) is 12.3 Å². The summed E-state index contributed by atoms with van der Waals surface area (Å²) in [6.07, 6.45) is 14.3. The highest BCUT2D eigenvalue weighted by atomic mass is 16.5. The summed E-state index contributed by atoms with van der Waals surface area (Å²) in [5.41, 5.74) is 12.8. The van der Waals surface area contributed by atoms with E-state index in [2.05, 4.69) is 52.1 Å². The minimum absolute atomic E-state index is 0.0342. The standard InChI is InChI=1S/C47H64N12O10/c1-2-3-6-22-50-43(63)33(9-4-5-21-48)28-39(62)20-23-59-31-35(57-58-59)16-17-37(60)10-7-24-68-26-27-69-25-8-11-38(61)18-19-40(46(66)67)54-44(64)32-12-14-34(15-13-32)51-29-36-30-52-42-41(53-36)45(65)56-47(49)55-42/h1,12-15,30-31,33,40,51H,3-11,16-29,48H2,(H,50,63)(H,54,64)(H,66,67)(H3,49,52,55,56,65)/t33-,40+/m1/s1. The number of carbonyl (C=O) groups excluding carboxylic acids is 5. The van der Waals surface area contributed by atoms with Gasteiger partial charge in [0, 0.05) is 94.6 Å². The van der Waals surface area contributed by atoms with Crippen LogP contribution in [0.1, 0.15) is 112 Å². The van der Waals surface area contributed by atoms with Crippen molar-refractivity contribution in [3.63, 3.8) is 0 Å². The predicted octanol–water partition coefficient (Wildman–Crippen LogP) is 2.45. The number of aliphatic carboxylic acids is 1. The Morgan fingerprint density at radius 3 is 2.28 bits per heavy atom. The Balaban J connectivity index is 1.000. The molecule has 0 aliphatic heterocycles. The summed E-state index contributed by atoms with van der Waals surface area (Å²) in [5, 5.41) is 26.4. The van der Waals surface area contributed by atoms with Gasteiger partial charge in [0.05, 0.1) is 37.3 Å². The van der Waals surface area contributed by atoms with Crippen molar-refractivity contribution in [2.24, 2.45) is 11.7 Å². The number of nitrogens with zero attached hydrogens (tertiary/aromatic N) is 6. The molecule has 0 saturated carbocycles. The van der Waals surface area contributed by atoms with Crippen LogP contribution in [0, 0.1) is 18.3 Å². The van der Waals surface area contributed by atoms with Crippen molar-refractivity contribution in [3.05, 3.63) is 64.0 Å².